The Morgan fingerprint density at radius 2 is 2.15 bits per heavy atom. The van der Waals surface area contributed by atoms with E-state index in [1.165, 1.54) is 10.9 Å². The number of aryl methyl sites for hydroxylation is 1. The van der Waals surface area contributed by atoms with Crippen LogP contribution in [0.2, 0.25) is 5.02 Å². The van der Waals surface area contributed by atoms with Gasteiger partial charge in [0.1, 0.15) is 0 Å². The first-order valence-electron chi connectivity index (χ1n) is 5.82. The zero-order valence-electron chi connectivity index (χ0n) is 10.7. The van der Waals surface area contributed by atoms with E-state index < -0.39 is 11.0 Å². The molecule has 0 saturated carbocycles. The third-order valence-electron chi connectivity index (χ3n) is 2.81. The molecule has 0 amide bonds. The summed E-state index contributed by atoms with van der Waals surface area (Å²) in [7, 11) is 1.64. The lowest BCUT2D eigenvalue weighted by Crippen LogP contribution is -2.14. The maximum absolute atomic E-state index is 10.8. The molecule has 1 heterocycles. The molecule has 2 rings (SSSR count). The molecule has 2 aromatic rings. The summed E-state index contributed by atoms with van der Waals surface area (Å²) < 4.78 is 1.49. The van der Waals surface area contributed by atoms with E-state index in [0.29, 0.717) is 10.6 Å². The van der Waals surface area contributed by atoms with Crippen LogP contribution in [0.5, 0.6) is 0 Å². The number of nitrogens with zero attached hydrogens (tertiary/aromatic N) is 3. The van der Waals surface area contributed by atoms with Crippen LogP contribution in [0.25, 0.3) is 0 Å². The van der Waals surface area contributed by atoms with Crippen molar-refractivity contribution in [1.29, 1.82) is 0 Å². The average molecular weight is 297 g/mol. The van der Waals surface area contributed by atoms with E-state index in [1.807, 2.05) is 0 Å². The van der Waals surface area contributed by atoms with E-state index in [0.717, 1.165) is 0 Å². The fraction of sp³-hybridized carbons (Fsp3) is 0.250. The molecular weight excluding hydrogens is 284 g/mol. The third-order valence-corrected chi connectivity index (χ3v) is 3.06. The van der Waals surface area contributed by atoms with Crippen molar-refractivity contribution >= 4 is 23.2 Å². The molecule has 0 aliphatic carbocycles. The number of nitrogens with one attached hydrogen (secondary N) is 1. The van der Waals surface area contributed by atoms with Crippen LogP contribution in [0.1, 0.15) is 11.7 Å². The number of imidazole rings is 1. The predicted molar refractivity (Wildman–Crippen MR) is 74.8 cm³/mol. The smallest absolute Gasteiger partial charge is 0.387 e. The number of benzene rings is 1. The Hall–Kier alpha value is -2.12. The van der Waals surface area contributed by atoms with E-state index in [2.05, 4.69) is 10.3 Å². The second-order valence-electron chi connectivity index (χ2n) is 4.23. The molecule has 1 aromatic heterocycles. The first-order chi connectivity index (χ1) is 9.49. The summed E-state index contributed by atoms with van der Waals surface area (Å²) >= 11 is 5.77. The van der Waals surface area contributed by atoms with E-state index in [1.54, 1.807) is 31.3 Å². The van der Waals surface area contributed by atoms with Crippen molar-refractivity contribution in [3.8, 4) is 0 Å². The minimum Gasteiger partial charge on any atom is -0.387 e. The lowest BCUT2D eigenvalue weighted by Gasteiger charge is -2.13. The van der Waals surface area contributed by atoms with Crippen molar-refractivity contribution in [3.63, 3.8) is 0 Å². The van der Waals surface area contributed by atoms with Gasteiger partial charge in [-0.25, -0.2) is 0 Å². The summed E-state index contributed by atoms with van der Waals surface area (Å²) in [5, 5.41) is 24.2. The maximum Gasteiger partial charge on any atom is 0.406 e. The van der Waals surface area contributed by atoms with Gasteiger partial charge >= 0.3 is 5.82 Å². The monoisotopic (exact) mass is 296 g/mol. The van der Waals surface area contributed by atoms with Gasteiger partial charge < -0.3 is 20.5 Å². The molecular formula is C12H13ClN4O3. The summed E-state index contributed by atoms with van der Waals surface area (Å²) in [6.07, 6.45) is 0.538. The van der Waals surface area contributed by atoms with Gasteiger partial charge in [-0.05, 0) is 27.6 Å². The SMILES string of the molecule is Cn1cnc([N+](=O)[O-])c1NCC(O)c1ccc(Cl)cc1. The number of nitro groups is 1. The molecule has 1 atom stereocenters. The van der Waals surface area contributed by atoms with Gasteiger partial charge in [0, 0.05) is 18.6 Å². The van der Waals surface area contributed by atoms with Crippen LogP contribution in [-0.4, -0.2) is 26.1 Å². The Morgan fingerprint density at radius 3 is 2.75 bits per heavy atom. The largest absolute Gasteiger partial charge is 0.406 e. The summed E-state index contributed by atoms with van der Waals surface area (Å²) in [5.74, 6) is -0.0150. The predicted octanol–water partition coefficient (Wildman–Crippen LogP) is 2.13. The summed E-state index contributed by atoms with van der Waals surface area (Å²) in [6, 6.07) is 6.75. The van der Waals surface area contributed by atoms with Crippen LogP contribution in [0.3, 0.4) is 0 Å². The number of rotatable bonds is 5. The average Bonchev–Trinajstić information content (AvgIpc) is 2.78. The van der Waals surface area contributed by atoms with Gasteiger partial charge in [-0.3, -0.25) is 4.57 Å². The molecule has 7 nitrogen and oxygen atoms in total. The van der Waals surface area contributed by atoms with E-state index in [-0.39, 0.29) is 18.2 Å². The van der Waals surface area contributed by atoms with Crippen LogP contribution in [0.15, 0.2) is 30.6 Å². The van der Waals surface area contributed by atoms with Crippen LogP contribution in [-0.2, 0) is 7.05 Å². The van der Waals surface area contributed by atoms with Crippen molar-refractivity contribution in [3.05, 3.63) is 51.3 Å². The molecule has 2 N–H and O–H groups in total. The highest BCUT2D eigenvalue weighted by Gasteiger charge is 2.20. The molecule has 0 saturated heterocycles. The quantitative estimate of drug-likeness (QED) is 0.651. The number of aliphatic hydroxyl groups excluding tert-OH is 1. The Balaban J connectivity index is 2.07. The van der Waals surface area contributed by atoms with Gasteiger partial charge in [0.05, 0.1) is 6.10 Å². The highest BCUT2D eigenvalue weighted by Crippen LogP contribution is 2.23. The minimum absolute atomic E-state index is 0.127. The number of hydrogen-bond acceptors (Lipinski definition) is 5. The molecule has 20 heavy (non-hydrogen) atoms. The Bertz CT molecular complexity index is 612. The van der Waals surface area contributed by atoms with Crippen molar-refractivity contribution in [2.45, 2.75) is 6.10 Å². The zero-order valence-corrected chi connectivity index (χ0v) is 11.4. The van der Waals surface area contributed by atoms with Gasteiger partial charge in [-0.2, -0.15) is 0 Å². The second-order valence-corrected chi connectivity index (χ2v) is 4.67. The Kier molecular flexibility index (Phi) is 4.21. The fourth-order valence-corrected chi connectivity index (χ4v) is 1.88. The molecule has 0 radical (unpaired) electrons. The first kappa shape index (κ1) is 14.3. The fourth-order valence-electron chi connectivity index (χ4n) is 1.75. The van der Waals surface area contributed by atoms with Crippen LogP contribution in [0, 0.1) is 10.1 Å². The maximum atomic E-state index is 10.8. The van der Waals surface area contributed by atoms with Gasteiger partial charge in [0.25, 0.3) is 0 Å². The van der Waals surface area contributed by atoms with Crippen molar-refractivity contribution < 1.29 is 10.0 Å². The molecule has 0 aliphatic heterocycles. The summed E-state index contributed by atoms with van der Waals surface area (Å²) in [6.45, 7) is 0.127. The number of hydrogen-bond donors (Lipinski definition) is 2. The van der Waals surface area contributed by atoms with E-state index in [9.17, 15) is 15.2 Å². The number of aromatic nitrogens is 2. The highest BCUT2D eigenvalue weighted by atomic mass is 35.5. The number of aliphatic hydroxyl groups is 1. The van der Waals surface area contributed by atoms with Crippen LogP contribution in [0.4, 0.5) is 11.6 Å². The molecule has 1 unspecified atom stereocenters. The second kappa shape index (κ2) is 5.89. The molecule has 0 fully saturated rings. The summed E-state index contributed by atoms with van der Waals surface area (Å²) in [4.78, 5) is 13.9. The Labute approximate surface area is 120 Å². The van der Waals surface area contributed by atoms with E-state index >= 15 is 0 Å². The third kappa shape index (κ3) is 3.06. The molecule has 106 valence electrons. The van der Waals surface area contributed by atoms with Gasteiger partial charge in [-0.15, -0.1) is 0 Å². The highest BCUT2D eigenvalue weighted by molar-refractivity contribution is 6.30. The topological polar surface area (TPSA) is 93.2 Å². The van der Waals surface area contributed by atoms with Gasteiger partial charge in [0.2, 0.25) is 12.1 Å². The normalized spacial score (nSPS) is 12.2. The summed E-state index contributed by atoms with van der Waals surface area (Å²) in [5.41, 5.74) is 0.673. The van der Waals surface area contributed by atoms with Crippen molar-refractivity contribution in [2.24, 2.45) is 7.05 Å². The molecule has 0 bridgehead atoms. The molecule has 0 aliphatic rings. The number of halogens is 1. The Morgan fingerprint density at radius 1 is 1.50 bits per heavy atom. The van der Waals surface area contributed by atoms with Crippen LogP contribution < -0.4 is 5.32 Å². The molecule has 1 aromatic carbocycles. The number of anilines is 1. The van der Waals surface area contributed by atoms with Crippen LogP contribution >= 0.6 is 11.6 Å². The first-order valence-corrected chi connectivity index (χ1v) is 6.20. The minimum atomic E-state index is -0.804. The van der Waals surface area contributed by atoms with Crippen molar-refractivity contribution in [1.82, 2.24) is 9.55 Å². The van der Waals surface area contributed by atoms with Gasteiger partial charge in [0.15, 0.2) is 0 Å². The lowest BCUT2D eigenvalue weighted by atomic mass is 10.1. The van der Waals surface area contributed by atoms with Crippen molar-refractivity contribution in [2.75, 3.05) is 11.9 Å². The van der Waals surface area contributed by atoms with Gasteiger partial charge in [-0.1, -0.05) is 23.7 Å². The van der Waals surface area contributed by atoms with E-state index in [4.69, 9.17) is 11.6 Å². The molecule has 8 heteroatoms. The standard InChI is InChI=1S/C12H13ClN4O3/c1-16-7-15-12(17(19)20)11(16)14-6-10(18)8-2-4-9(13)5-3-8/h2-5,7,10,14,18H,6H2,1H3. The molecule has 0 spiro atoms. The zero-order chi connectivity index (χ0) is 14.7. The lowest BCUT2D eigenvalue weighted by molar-refractivity contribution is -0.388.